The number of ether oxygens (including phenoxy) is 1. The molecule has 0 N–H and O–H groups in total. The van der Waals surface area contributed by atoms with Gasteiger partial charge in [-0.05, 0) is 30.3 Å². The lowest BCUT2D eigenvalue weighted by atomic mass is 10.1. The molecule has 1 amide bonds. The number of nitrogens with zero attached hydrogens (tertiary/aromatic N) is 2. The summed E-state index contributed by atoms with van der Waals surface area (Å²) < 4.78 is 5.66. The summed E-state index contributed by atoms with van der Waals surface area (Å²) in [5.41, 5.74) is 0.392. The number of benzene rings is 1. The highest BCUT2D eigenvalue weighted by Gasteiger charge is 2.34. The Labute approximate surface area is 142 Å². The lowest BCUT2D eigenvalue weighted by Gasteiger charge is -2.38. The minimum atomic E-state index is -0.167. The molecule has 0 bridgehead atoms. The first-order valence-corrected chi connectivity index (χ1v) is 7.69. The number of carbonyl (C=O) groups is 1. The molecule has 1 fully saturated rings. The summed E-state index contributed by atoms with van der Waals surface area (Å²) in [6.45, 7) is 0.906. The molecule has 1 aliphatic heterocycles. The van der Waals surface area contributed by atoms with Gasteiger partial charge in [0.15, 0.2) is 0 Å². The Morgan fingerprint density at radius 1 is 1.18 bits per heavy atom. The predicted octanol–water partition coefficient (Wildman–Crippen LogP) is 3.95. The van der Waals surface area contributed by atoms with E-state index in [1.807, 2.05) is 0 Å². The van der Waals surface area contributed by atoms with Crippen LogP contribution in [0.4, 0.5) is 0 Å². The second kappa shape index (κ2) is 6.32. The first-order valence-electron chi connectivity index (χ1n) is 6.56. The van der Waals surface area contributed by atoms with E-state index in [4.69, 9.17) is 39.5 Å². The molecule has 0 atom stereocenters. The van der Waals surface area contributed by atoms with Crippen molar-refractivity contribution in [2.75, 3.05) is 13.1 Å². The van der Waals surface area contributed by atoms with Crippen molar-refractivity contribution >= 4 is 40.7 Å². The Bertz CT molecular complexity index is 718. The number of halogens is 3. The molecule has 2 heterocycles. The minimum Gasteiger partial charge on any atom is -0.470 e. The molecule has 0 aliphatic carbocycles. The average molecular weight is 358 g/mol. The molecule has 0 radical (unpaired) electrons. The third-order valence-electron chi connectivity index (χ3n) is 3.30. The van der Waals surface area contributed by atoms with Crippen molar-refractivity contribution in [1.82, 2.24) is 9.88 Å². The van der Waals surface area contributed by atoms with Crippen LogP contribution in [0.5, 0.6) is 5.88 Å². The Morgan fingerprint density at radius 3 is 2.68 bits per heavy atom. The van der Waals surface area contributed by atoms with Crippen molar-refractivity contribution in [3.8, 4) is 5.88 Å². The number of rotatable bonds is 3. The number of pyridine rings is 1. The number of hydrogen-bond acceptors (Lipinski definition) is 3. The largest absolute Gasteiger partial charge is 0.470 e. The van der Waals surface area contributed by atoms with Crippen LogP contribution in [0.25, 0.3) is 0 Å². The lowest BCUT2D eigenvalue weighted by Crippen LogP contribution is -2.56. The molecule has 0 unspecified atom stereocenters. The number of likely N-dealkylation sites (tertiary alicyclic amines) is 1. The van der Waals surface area contributed by atoms with E-state index < -0.39 is 0 Å². The van der Waals surface area contributed by atoms with Gasteiger partial charge < -0.3 is 9.64 Å². The molecule has 7 heteroatoms. The van der Waals surface area contributed by atoms with Crippen molar-refractivity contribution in [1.29, 1.82) is 0 Å². The fourth-order valence-corrected chi connectivity index (χ4v) is 2.66. The summed E-state index contributed by atoms with van der Waals surface area (Å²) in [4.78, 5) is 18.0. The van der Waals surface area contributed by atoms with Crippen molar-refractivity contribution < 1.29 is 9.53 Å². The van der Waals surface area contributed by atoms with Gasteiger partial charge >= 0.3 is 0 Å². The molecular weight excluding hydrogens is 347 g/mol. The van der Waals surface area contributed by atoms with Gasteiger partial charge in [-0.3, -0.25) is 4.79 Å². The Kier molecular flexibility index (Phi) is 4.43. The van der Waals surface area contributed by atoms with Gasteiger partial charge in [-0.1, -0.05) is 34.8 Å². The van der Waals surface area contributed by atoms with Gasteiger partial charge in [0, 0.05) is 11.2 Å². The minimum absolute atomic E-state index is 0.130. The van der Waals surface area contributed by atoms with Crippen LogP contribution in [-0.2, 0) is 0 Å². The number of carbonyl (C=O) groups excluding carboxylic acids is 1. The van der Waals surface area contributed by atoms with E-state index in [1.54, 1.807) is 41.4 Å². The maximum Gasteiger partial charge on any atom is 0.255 e. The van der Waals surface area contributed by atoms with Gasteiger partial charge in [-0.2, -0.15) is 0 Å². The van der Waals surface area contributed by atoms with Gasteiger partial charge in [-0.25, -0.2) is 4.98 Å². The van der Waals surface area contributed by atoms with Crippen LogP contribution in [0, 0.1) is 0 Å². The smallest absolute Gasteiger partial charge is 0.255 e. The van der Waals surface area contributed by atoms with E-state index in [0.29, 0.717) is 39.6 Å². The van der Waals surface area contributed by atoms with E-state index in [0.717, 1.165) is 0 Å². The first kappa shape index (κ1) is 15.4. The first-order chi connectivity index (χ1) is 10.5. The predicted molar refractivity (Wildman–Crippen MR) is 86.0 cm³/mol. The van der Waals surface area contributed by atoms with E-state index in [1.165, 1.54) is 0 Å². The highest BCUT2D eigenvalue weighted by atomic mass is 35.5. The highest BCUT2D eigenvalue weighted by Crippen LogP contribution is 2.27. The molecule has 1 aromatic carbocycles. The summed E-state index contributed by atoms with van der Waals surface area (Å²) in [5.74, 6) is 0.210. The topological polar surface area (TPSA) is 42.4 Å². The molecular formula is C15H11Cl3N2O2. The van der Waals surface area contributed by atoms with Gasteiger partial charge in [0.2, 0.25) is 5.88 Å². The normalized spacial score (nSPS) is 14.6. The quantitative estimate of drug-likeness (QED) is 0.835. The molecule has 0 saturated carbocycles. The number of hydrogen-bond donors (Lipinski definition) is 0. The van der Waals surface area contributed by atoms with E-state index in [2.05, 4.69) is 4.98 Å². The van der Waals surface area contributed by atoms with Gasteiger partial charge in [0.05, 0.1) is 23.7 Å². The standard InChI is InChI=1S/C15H11Cl3N2O2/c16-9-3-4-12(17)11(6-9)15(21)20-7-10(8-20)22-14-13(18)2-1-5-19-14/h1-6,10H,7-8H2. The zero-order valence-corrected chi connectivity index (χ0v) is 13.6. The zero-order valence-electron chi connectivity index (χ0n) is 11.3. The molecule has 4 nitrogen and oxygen atoms in total. The molecule has 2 aromatic rings. The van der Waals surface area contributed by atoms with E-state index in [-0.39, 0.29) is 12.0 Å². The second-order valence-electron chi connectivity index (χ2n) is 4.86. The molecule has 114 valence electrons. The maximum atomic E-state index is 12.4. The summed E-state index contributed by atoms with van der Waals surface area (Å²) in [6, 6.07) is 8.25. The summed E-state index contributed by atoms with van der Waals surface area (Å²) >= 11 is 17.9. The third-order valence-corrected chi connectivity index (χ3v) is 4.15. The molecule has 3 rings (SSSR count). The SMILES string of the molecule is O=C(c1cc(Cl)ccc1Cl)N1CC(Oc2ncccc2Cl)C1. The van der Waals surface area contributed by atoms with Crippen molar-refractivity contribution in [2.24, 2.45) is 0 Å². The fraction of sp³-hybridized carbons (Fsp3) is 0.200. The number of amides is 1. The maximum absolute atomic E-state index is 12.4. The summed E-state index contributed by atoms with van der Waals surface area (Å²) in [5, 5.41) is 1.30. The summed E-state index contributed by atoms with van der Waals surface area (Å²) in [7, 11) is 0. The second-order valence-corrected chi connectivity index (χ2v) is 6.12. The lowest BCUT2D eigenvalue weighted by molar-refractivity contribution is 0.0161. The van der Waals surface area contributed by atoms with Gasteiger partial charge in [0.1, 0.15) is 11.1 Å². The zero-order chi connectivity index (χ0) is 15.7. The van der Waals surface area contributed by atoms with Crippen molar-refractivity contribution in [3.05, 3.63) is 57.2 Å². The van der Waals surface area contributed by atoms with Gasteiger partial charge in [-0.15, -0.1) is 0 Å². The molecule has 0 spiro atoms. The Balaban J connectivity index is 1.62. The number of aromatic nitrogens is 1. The Morgan fingerprint density at radius 2 is 1.95 bits per heavy atom. The van der Waals surface area contributed by atoms with Crippen molar-refractivity contribution in [2.45, 2.75) is 6.10 Å². The van der Waals surface area contributed by atoms with Gasteiger partial charge in [0.25, 0.3) is 5.91 Å². The molecule has 1 saturated heterocycles. The fourth-order valence-electron chi connectivity index (χ4n) is 2.13. The average Bonchev–Trinajstić information content (AvgIpc) is 2.46. The van der Waals surface area contributed by atoms with Crippen LogP contribution >= 0.6 is 34.8 Å². The van der Waals surface area contributed by atoms with Crippen LogP contribution in [0.2, 0.25) is 15.1 Å². The molecule has 1 aromatic heterocycles. The van der Waals surface area contributed by atoms with E-state index >= 15 is 0 Å². The van der Waals surface area contributed by atoms with Crippen LogP contribution in [0.15, 0.2) is 36.5 Å². The van der Waals surface area contributed by atoms with Crippen LogP contribution in [-0.4, -0.2) is 35.0 Å². The monoisotopic (exact) mass is 356 g/mol. The van der Waals surface area contributed by atoms with E-state index in [9.17, 15) is 4.79 Å². The molecule has 22 heavy (non-hydrogen) atoms. The van der Waals surface area contributed by atoms with Crippen LogP contribution in [0.3, 0.4) is 0 Å². The van der Waals surface area contributed by atoms with Crippen molar-refractivity contribution in [3.63, 3.8) is 0 Å². The molecule has 1 aliphatic rings. The highest BCUT2D eigenvalue weighted by molar-refractivity contribution is 6.35. The summed E-state index contributed by atoms with van der Waals surface area (Å²) in [6.07, 6.45) is 1.48. The van der Waals surface area contributed by atoms with Crippen LogP contribution in [0.1, 0.15) is 10.4 Å². The van der Waals surface area contributed by atoms with Crippen LogP contribution < -0.4 is 4.74 Å². The third kappa shape index (κ3) is 3.14. The Hall–Kier alpha value is -1.49.